The molecule has 2 aromatic heterocycles. The van der Waals surface area contributed by atoms with Crippen LogP contribution in [0.1, 0.15) is 28.3 Å². The van der Waals surface area contributed by atoms with E-state index in [1.165, 1.54) is 4.68 Å². The minimum absolute atomic E-state index is 0.224. The van der Waals surface area contributed by atoms with Gasteiger partial charge in [-0.3, -0.25) is 14.2 Å². The van der Waals surface area contributed by atoms with Gasteiger partial charge in [0, 0.05) is 26.3 Å². The minimum Gasteiger partial charge on any atom is -0.351 e. The van der Waals surface area contributed by atoms with Crippen LogP contribution in [0.25, 0.3) is 0 Å². The SMILES string of the molecule is Cc1nn(CCCNC(=O)c2c(Cl)c(C)nn2C)cc1Cl. The normalized spacial score (nSPS) is 10.9. The number of hydrogen-bond acceptors (Lipinski definition) is 3. The molecule has 2 aromatic rings. The van der Waals surface area contributed by atoms with Gasteiger partial charge in [0.05, 0.1) is 21.4 Å². The van der Waals surface area contributed by atoms with E-state index in [9.17, 15) is 4.79 Å². The van der Waals surface area contributed by atoms with E-state index in [2.05, 4.69) is 15.5 Å². The van der Waals surface area contributed by atoms with Crippen LogP contribution in [-0.4, -0.2) is 32.0 Å². The largest absolute Gasteiger partial charge is 0.351 e. The van der Waals surface area contributed by atoms with Gasteiger partial charge in [-0.05, 0) is 20.3 Å². The summed E-state index contributed by atoms with van der Waals surface area (Å²) in [5.41, 5.74) is 1.83. The number of carbonyl (C=O) groups is 1. The first-order valence-corrected chi connectivity index (χ1v) is 7.32. The molecule has 0 radical (unpaired) electrons. The monoisotopic (exact) mass is 329 g/mol. The van der Waals surface area contributed by atoms with Gasteiger partial charge in [-0.25, -0.2) is 0 Å². The lowest BCUT2D eigenvalue weighted by atomic mass is 10.3. The average Bonchev–Trinajstić information content (AvgIpc) is 2.86. The third-order valence-electron chi connectivity index (χ3n) is 3.10. The van der Waals surface area contributed by atoms with Crippen molar-refractivity contribution in [3.63, 3.8) is 0 Å². The molecular formula is C13H17Cl2N5O. The third-order valence-corrected chi connectivity index (χ3v) is 3.92. The Bertz CT molecular complexity index is 642. The molecule has 2 rings (SSSR count). The van der Waals surface area contributed by atoms with E-state index in [-0.39, 0.29) is 5.91 Å². The number of carbonyl (C=O) groups excluding carboxylic acids is 1. The van der Waals surface area contributed by atoms with Gasteiger partial charge in [0.2, 0.25) is 0 Å². The zero-order valence-electron chi connectivity index (χ0n) is 12.2. The summed E-state index contributed by atoms with van der Waals surface area (Å²) in [6.45, 7) is 4.83. The molecule has 0 atom stereocenters. The molecule has 0 saturated heterocycles. The molecular weight excluding hydrogens is 313 g/mol. The van der Waals surface area contributed by atoms with Crippen molar-refractivity contribution in [2.45, 2.75) is 26.8 Å². The van der Waals surface area contributed by atoms with E-state index in [1.54, 1.807) is 24.9 Å². The van der Waals surface area contributed by atoms with Crippen LogP contribution in [0.2, 0.25) is 10.0 Å². The predicted molar refractivity (Wildman–Crippen MR) is 81.9 cm³/mol. The molecule has 0 fully saturated rings. The van der Waals surface area contributed by atoms with Gasteiger partial charge in [-0.1, -0.05) is 23.2 Å². The molecule has 2 heterocycles. The highest BCUT2D eigenvalue weighted by Crippen LogP contribution is 2.19. The van der Waals surface area contributed by atoms with Crippen LogP contribution in [0.5, 0.6) is 0 Å². The summed E-state index contributed by atoms with van der Waals surface area (Å²) >= 11 is 12.0. The first kappa shape index (κ1) is 15.9. The zero-order chi connectivity index (χ0) is 15.6. The van der Waals surface area contributed by atoms with Crippen molar-refractivity contribution in [3.05, 3.63) is 33.3 Å². The van der Waals surface area contributed by atoms with E-state index >= 15 is 0 Å². The smallest absolute Gasteiger partial charge is 0.271 e. The maximum Gasteiger partial charge on any atom is 0.271 e. The Hall–Kier alpha value is -1.53. The van der Waals surface area contributed by atoms with Crippen LogP contribution in [-0.2, 0) is 13.6 Å². The summed E-state index contributed by atoms with van der Waals surface area (Å²) < 4.78 is 3.26. The lowest BCUT2D eigenvalue weighted by Crippen LogP contribution is -2.27. The Labute approximate surface area is 133 Å². The Balaban J connectivity index is 1.84. The van der Waals surface area contributed by atoms with Gasteiger partial charge in [-0.15, -0.1) is 0 Å². The first-order valence-electron chi connectivity index (χ1n) is 6.57. The second kappa shape index (κ2) is 6.49. The summed E-state index contributed by atoms with van der Waals surface area (Å²) in [5.74, 6) is -0.224. The molecule has 0 aliphatic carbocycles. The lowest BCUT2D eigenvalue weighted by Gasteiger charge is -2.06. The third kappa shape index (κ3) is 3.57. The van der Waals surface area contributed by atoms with Gasteiger partial charge in [-0.2, -0.15) is 10.2 Å². The number of aromatic nitrogens is 4. The number of nitrogens with one attached hydrogen (secondary N) is 1. The molecule has 0 spiro atoms. The summed E-state index contributed by atoms with van der Waals surface area (Å²) in [6, 6.07) is 0. The van der Waals surface area contributed by atoms with Crippen LogP contribution in [0, 0.1) is 13.8 Å². The maximum absolute atomic E-state index is 12.1. The predicted octanol–water partition coefficient (Wildman–Crippen LogP) is 2.36. The highest BCUT2D eigenvalue weighted by molar-refractivity contribution is 6.34. The Kier molecular flexibility index (Phi) is 4.90. The summed E-state index contributed by atoms with van der Waals surface area (Å²) in [4.78, 5) is 12.1. The molecule has 114 valence electrons. The molecule has 0 bridgehead atoms. The number of rotatable bonds is 5. The number of halogens is 2. The van der Waals surface area contributed by atoms with Gasteiger partial charge >= 0.3 is 0 Å². The second-order valence-electron chi connectivity index (χ2n) is 4.81. The molecule has 1 N–H and O–H groups in total. The Morgan fingerprint density at radius 3 is 2.52 bits per heavy atom. The van der Waals surface area contributed by atoms with E-state index < -0.39 is 0 Å². The quantitative estimate of drug-likeness (QED) is 0.856. The Morgan fingerprint density at radius 1 is 1.29 bits per heavy atom. The first-order chi connectivity index (χ1) is 9.90. The van der Waals surface area contributed by atoms with Crippen molar-refractivity contribution < 1.29 is 4.79 Å². The number of hydrogen-bond donors (Lipinski definition) is 1. The highest BCUT2D eigenvalue weighted by atomic mass is 35.5. The van der Waals surface area contributed by atoms with E-state index in [0.717, 1.165) is 12.1 Å². The molecule has 0 aliphatic heterocycles. The number of nitrogens with zero attached hydrogens (tertiary/aromatic N) is 4. The maximum atomic E-state index is 12.1. The average molecular weight is 330 g/mol. The van der Waals surface area contributed by atoms with Crippen molar-refractivity contribution in [2.75, 3.05) is 6.54 Å². The fourth-order valence-corrected chi connectivity index (χ4v) is 2.41. The van der Waals surface area contributed by atoms with Crippen molar-refractivity contribution in [2.24, 2.45) is 7.05 Å². The zero-order valence-corrected chi connectivity index (χ0v) is 13.7. The van der Waals surface area contributed by atoms with Gasteiger partial charge in [0.15, 0.2) is 0 Å². The van der Waals surface area contributed by atoms with Crippen molar-refractivity contribution in [1.29, 1.82) is 0 Å². The number of amides is 1. The van der Waals surface area contributed by atoms with Crippen LogP contribution in [0.4, 0.5) is 0 Å². The van der Waals surface area contributed by atoms with Crippen LogP contribution in [0.3, 0.4) is 0 Å². The minimum atomic E-state index is -0.224. The molecule has 1 amide bonds. The van der Waals surface area contributed by atoms with Gasteiger partial charge < -0.3 is 5.32 Å². The van der Waals surface area contributed by atoms with E-state index in [0.29, 0.717) is 34.5 Å². The molecule has 0 saturated carbocycles. The second-order valence-corrected chi connectivity index (χ2v) is 5.59. The topological polar surface area (TPSA) is 64.7 Å². The standard InChI is InChI=1S/C13H17Cl2N5O/c1-8-10(14)7-20(18-8)6-4-5-16-13(21)12-11(15)9(2)17-19(12)3/h7H,4-6H2,1-3H3,(H,16,21). The van der Waals surface area contributed by atoms with E-state index in [4.69, 9.17) is 23.2 Å². The van der Waals surface area contributed by atoms with Crippen molar-refractivity contribution in [1.82, 2.24) is 24.9 Å². The molecule has 0 unspecified atom stereocenters. The highest BCUT2D eigenvalue weighted by Gasteiger charge is 2.17. The molecule has 6 nitrogen and oxygen atoms in total. The fourth-order valence-electron chi connectivity index (χ4n) is 2.01. The summed E-state index contributed by atoms with van der Waals surface area (Å²) in [7, 11) is 1.70. The van der Waals surface area contributed by atoms with E-state index in [1.807, 2.05) is 6.92 Å². The fraction of sp³-hybridized carbons (Fsp3) is 0.462. The van der Waals surface area contributed by atoms with Gasteiger partial charge in [0.1, 0.15) is 5.69 Å². The molecule has 8 heteroatoms. The van der Waals surface area contributed by atoms with Crippen molar-refractivity contribution in [3.8, 4) is 0 Å². The van der Waals surface area contributed by atoms with Crippen LogP contribution < -0.4 is 5.32 Å². The lowest BCUT2D eigenvalue weighted by molar-refractivity contribution is 0.0943. The van der Waals surface area contributed by atoms with Crippen LogP contribution >= 0.6 is 23.2 Å². The Morgan fingerprint density at radius 2 is 2.00 bits per heavy atom. The molecule has 0 aromatic carbocycles. The summed E-state index contributed by atoms with van der Waals surface area (Å²) in [5, 5.41) is 12.2. The van der Waals surface area contributed by atoms with Crippen LogP contribution in [0.15, 0.2) is 6.20 Å². The molecule has 21 heavy (non-hydrogen) atoms. The number of aryl methyl sites for hydroxylation is 4. The summed E-state index contributed by atoms with van der Waals surface area (Å²) in [6.07, 6.45) is 2.53. The van der Waals surface area contributed by atoms with Gasteiger partial charge in [0.25, 0.3) is 5.91 Å². The molecule has 0 aliphatic rings. The van der Waals surface area contributed by atoms with Crippen molar-refractivity contribution >= 4 is 29.1 Å².